The molecule has 2 fully saturated rings. The molecule has 2 heterocycles. The van der Waals surface area contributed by atoms with Crippen molar-refractivity contribution in [2.75, 3.05) is 62.7 Å². The van der Waals surface area contributed by atoms with Gasteiger partial charge in [-0.2, -0.15) is 0 Å². The van der Waals surface area contributed by atoms with E-state index in [9.17, 15) is 0 Å². The fourth-order valence-corrected chi connectivity index (χ4v) is 6.37. The number of methoxy groups -OCH3 is 1. The highest BCUT2D eigenvalue weighted by atomic mass is 16.5. The van der Waals surface area contributed by atoms with Crippen molar-refractivity contribution in [2.24, 2.45) is 11.3 Å². The summed E-state index contributed by atoms with van der Waals surface area (Å²) in [6, 6.07) is 7.35. The van der Waals surface area contributed by atoms with Crippen LogP contribution in [-0.2, 0) is 4.74 Å². The average Bonchev–Trinajstić information content (AvgIpc) is 2.88. The van der Waals surface area contributed by atoms with Gasteiger partial charge in [-0.05, 0) is 67.2 Å². The third-order valence-corrected chi connectivity index (χ3v) is 9.01. The van der Waals surface area contributed by atoms with Crippen molar-refractivity contribution in [3.8, 4) is 0 Å². The highest BCUT2D eigenvalue weighted by Crippen LogP contribution is 2.45. The van der Waals surface area contributed by atoms with Gasteiger partial charge in [0, 0.05) is 69.9 Å². The third-order valence-electron chi connectivity index (χ3n) is 9.01. The van der Waals surface area contributed by atoms with Crippen LogP contribution in [-0.4, -0.2) is 63.9 Å². The minimum absolute atomic E-state index is 0.425. The van der Waals surface area contributed by atoms with Crippen molar-refractivity contribution >= 4 is 16.9 Å². The first kappa shape index (κ1) is 25.6. The van der Waals surface area contributed by atoms with Crippen LogP contribution < -0.4 is 9.80 Å². The van der Waals surface area contributed by atoms with Gasteiger partial charge in [0.05, 0.1) is 6.10 Å². The predicted molar refractivity (Wildman–Crippen MR) is 147 cm³/mol. The summed E-state index contributed by atoms with van der Waals surface area (Å²) in [6.45, 7) is 17.5. The Hall–Kier alpha value is -1.52. The molecule has 34 heavy (non-hydrogen) atoms. The van der Waals surface area contributed by atoms with E-state index in [0.29, 0.717) is 11.5 Å². The molecule has 0 spiro atoms. The standard InChI is InChI=1S/C30H49N3O/c1-6-30(7-2)14-10-25(11-15-30)28-22-26(32-16-12-27(34-5)13-17-32)8-9-29(28)33-20-18-31(19-21-33)23-24(3)4/h8-10,22,24,27H,6-7,11-21,23H2,1-5H3. The van der Waals surface area contributed by atoms with Crippen molar-refractivity contribution in [3.63, 3.8) is 0 Å². The van der Waals surface area contributed by atoms with Gasteiger partial charge in [-0.1, -0.05) is 46.6 Å². The molecular weight excluding hydrogens is 418 g/mol. The van der Waals surface area contributed by atoms with E-state index in [4.69, 9.17) is 4.74 Å². The highest BCUT2D eigenvalue weighted by molar-refractivity contribution is 5.80. The second-order valence-corrected chi connectivity index (χ2v) is 11.4. The number of anilines is 2. The van der Waals surface area contributed by atoms with Crippen LogP contribution in [0.3, 0.4) is 0 Å². The second-order valence-electron chi connectivity index (χ2n) is 11.4. The van der Waals surface area contributed by atoms with Crippen LogP contribution in [0.15, 0.2) is 24.3 Å². The molecule has 3 aliphatic rings. The summed E-state index contributed by atoms with van der Waals surface area (Å²) >= 11 is 0. The molecule has 1 aliphatic carbocycles. The minimum atomic E-state index is 0.425. The van der Waals surface area contributed by atoms with Crippen molar-refractivity contribution in [2.45, 2.75) is 78.7 Å². The number of nitrogens with zero attached hydrogens (tertiary/aromatic N) is 3. The average molecular weight is 468 g/mol. The number of allylic oxidation sites excluding steroid dienone is 2. The van der Waals surface area contributed by atoms with Crippen molar-refractivity contribution < 1.29 is 4.74 Å². The minimum Gasteiger partial charge on any atom is -0.381 e. The summed E-state index contributed by atoms with van der Waals surface area (Å²) in [4.78, 5) is 7.89. The van der Waals surface area contributed by atoms with Crippen molar-refractivity contribution in [1.29, 1.82) is 0 Å². The SMILES string of the molecule is CCC1(CC)CC=C(c2cc(N3CCC(OC)CC3)ccc2N2CCN(CC(C)C)CC2)CC1. The maximum absolute atomic E-state index is 5.62. The lowest BCUT2D eigenvalue weighted by atomic mass is 9.70. The monoisotopic (exact) mass is 467 g/mol. The van der Waals surface area contributed by atoms with E-state index in [0.717, 1.165) is 44.9 Å². The number of piperazine rings is 1. The van der Waals surface area contributed by atoms with Gasteiger partial charge < -0.3 is 14.5 Å². The third kappa shape index (κ3) is 5.82. The van der Waals surface area contributed by atoms with Crippen LogP contribution in [0.1, 0.15) is 78.2 Å². The molecule has 4 nitrogen and oxygen atoms in total. The number of hydrogen-bond acceptors (Lipinski definition) is 4. The van der Waals surface area contributed by atoms with Gasteiger partial charge in [0.1, 0.15) is 0 Å². The molecule has 0 unspecified atom stereocenters. The van der Waals surface area contributed by atoms with Gasteiger partial charge >= 0.3 is 0 Å². The molecule has 1 aromatic rings. The Bertz CT molecular complexity index is 812. The molecule has 0 bridgehead atoms. The summed E-state index contributed by atoms with van der Waals surface area (Å²) < 4.78 is 5.62. The molecule has 1 aromatic carbocycles. The Kier molecular flexibility index (Phi) is 8.63. The summed E-state index contributed by atoms with van der Waals surface area (Å²) in [7, 11) is 1.86. The maximum atomic E-state index is 5.62. The Labute approximate surface area is 209 Å². The molecule has 190 valence electrons. The number of piperidine rings is 1. The molecule has 4 heteroatoms. The summed E-state index contributed by atoms with van der Waals surface area (Å²) in [5, 5.41) is 0. The largest absolute Gasteiger partial charge is 0.381 e. The Morgan fingerprint density at radius 3 is 2.24 bits per heavy atom. The van der Waals surface area contributed by atoms with Gasteiger partial charge in [-0.25, -0.2) is 0 Å². The Balaban J connectivity index is 1.58. The van der Waals surface area contributed by atoms with Crippen LogP contribution in [0, 0.1) is 11.3 Å². The summed E-state index contributed by atoms with van der Waals surface area (Å²) in [6.07, 6.45) is 11.7. The zero-order chi connectivity index (χ0) is 24.1. The van der Waals surface area contributed by atoms with Gasteiger partial charge in [-0.3, -0.25) is 4.90 Å². The van der Waals surface area contributed by atoms with Crippen LogP contribution >= 0.6 is 0 Å². The first-order valence-electron chi connectivity index (χ1n) is 14.1. The maximum Gasteiger partial charge on any atom is 0.0605 e. The lowest BCUT2D eigenvalue weighted by Gasteiger charge is -2.40. The van der Waals surface area contributed by atoms with E-state index in [1.807, 2.05) is 7.11 Å². The molecule has 0 radical (unpaired) electrons. The molecule has 0 aromatic heterocycles. The van der Waals surface area contributed by atoms with E-state index < -0.39 is 0 Å². The molecule has 2 saturated heterocycles. The predicted octanol–water partition coefficient (Wildman–Crippen LogP) is 6.45. The molecule has 4 rings (SSSR count). The van der Waals surface area contributed by atoms with Gasteiger partial charge in [0.2, 0.25) is 0 Å². The first-order chi connectivity index (χ1) is 16.5. The smallest absolute Gasteiger partial charge is 0.0605 e. The van der Waals surface area contributed by atoms with E-state index in [1.165, 1.54) is 68.7 Å². The fraction of sp³-hybridized carbons (Fsp3) is 0.733. The van der Waals surface area contributed by atoms with Crippen LogP contribution in [0.4, 0.5) is 11.4 Å². The molecule has 0 atom stereocenters. The molecule has 2 aliphatic heterocycles. The summed E-state index contributed by atoms with van der Waals surface area (Å²) in [5.74, 6) is 0.744. The lowest BCUT2D eigenvalue weighted by molar-refractivity contribution is 0.0819. The first-order valence-corrected chi connectivity index (χ1v) is 14.1. The topological polar surface area (TPSA) is 19.0 Å². The van der Waals surface area contributed by atoms with E-state index in [-0.39, 0.29) is 0 Å². The lowest BCUT2D eigenvalue weighted by Crippen LogP contribution is -2.47. The van der Waals surface area contributed by atoms with Crippen LogP contribution in [0.25, 0.3) is 5.57 Å². The summed E-state index contributed by atoms with van der Waals surface area (Å²) in [5.41, 5.74) is 6.48. The number of benzene rings is 1. The van der Waals surface area contributed by atoms with Crippen molar-refractivity contribution in [3.05, 3.63) is 29.8 Å². The van der Waals surface area contributed by atoms with Gasteiger partial charge in [0.15, 0.2) is 0 Å². The van der Waals surface area contributed by atoms with Crippen molar-refractivity contribution in [1.82, 2.24) is 4.90 Å². The molecule has 0 N–H and O–H groups in total. The number of ether oxygens (including phenoxy) is 1. The highest BCUT2D eigenvalue weighted by Gasteiger charge is 2.30. The number of rotatable bonds is 8. The molecule has 0 saturated carbocycles. The quantitative estimate of drug-likeness (QED) is 0.437. The van der Waals surface area contributed by atoms with Crippen LogP contribution in [0.5, 0.6) is 0 Å². The molecular formula is C30H49N3O. The van der Waals surface area contributed by atoms with E-state index in [2.05, 4.69) is 66.7 Å². The van der Waals surface area contributed by atoms with Gasteiger partial charge in [-0.15, -0.1) is 0 Å². The number of hydrogen-bond donors (Lipinski definition) is 0. The van der Waals surface area contributed by atoms with E-state index >= 15 is 0 Å². The second kappa shape index (κ2) is 11.5. The van der Waals surface area contributed by atoms with Crippen LogP contribution in [0.2, 0.25) is 0 Å². The zero-order valence-electron chi connectivity index (χ0n) is 22.6. The molecule has 0 amide bonds. The Morgan fingerprint density at radius 1 is 0.971 bits per heavy atom. The zero-order valence-corrected chi connectivity index (χ0v) is 22.6. The Morgan fingerprint density at radius 2 is 1.68 bits per heavy atom. The normalized spacial score (nSPS) is 22.4. The van der Waals surface area contributed by atoms with E-state index in [1.54, 1.807) is 5.57 Å². The fourth-order valence-electron chi connectivity index (χ4n) is 6.37. The van der Waals surface area contributed by atoms with Gasteiger partial charge in [0.25, 0.3) is 0 Å².